The number of hydrogen-bond donors (Lipinski definition) is 1. The third-order valence-electron chi connectivity index (χ3n) is 4.69. The summed E-state index contributed by atoms with van der Waals surface area (Å²) in [5, 5.41) is 3.31. The van der Waals surface area contributed by atoms with E-state index >= 15 is 0 Å². The monoisotopic (exact) mass is 337 g/mol. The number of fused-ring (bicyclic) bond motifs is 2. The van der Waals surface area contributed by atoms with Crippen LogP contribution >= 0.6 is 11.6 Å². The van der Waals surface area contributed by atoms with Crippen LogP contribution in [0, 0.1) is 0 Å². The van der Waals surface area contributed by atoms with Gasteiger partial charge in [0.2, 0.25) is 5.91 Å². The normalized spacial score (nSPS) is 25.4. The van der Waals surface area contributed by atoms with Gasteiger partial charge in [0.15, 0.2) is 0 Å². The van der Waals surface area contributed by atoms with E-state index in [-0.39, 0.29) is 11.8 Å². The number of halogens is 4. The van der Waals surface area contributed by atoms with Crippen LogP contribution in [0.3, 0.4) is 0 Å². The van der Waals surface area contributed by atoms with E-state index in [4.69, 9.17) is 11.6 Å². The number of anilines is 1. The van der Waals surface area contributed by atoms with Crippen molar-refractivity contribution in [1.82, 2.24) is 0 Å². The second kappa shape index (κ2) is 4.51. The van der Waals surface area contributed by atoms with E-state index in [9.17, 15) is 18.0 Å². The molecule has 1 aliphatic heterocycles. The first kappa shape index (κ1) is 14.6. The molecule has 1 spiro atoms. The van der Waals surface area contributed by atoms with Crippen LogP contribution in [0.4, 0.5) is 18.9 Å². The maximum atomic E-state index is 12.9. The number of rotatable bonds is 1. The molecule has 2 nitrogen and oxygen atoms in total. The quantitative estimate of drug-likeness (QED) is 0.800. The summed E-state index contributed by atoms with van der Waals surface area (Å²) < 4.78 is 38.7. The molecule has 0 bridgehead atoms. The molecule has 2 unspecified atom stereocenters. The van der Waals surface area contributed by atoms with Crippen LogP contribution in [0.1, 0.15) is 29.0 Å². The minimum Gasteiger partial charge on any atom is -0.325 e. The van der Waals surface area contributed by atoms with Crippen LogP contribution in [0.5, 0.6) is 0 Å². The Bertz CT molecular complexity index is 833. The van der Waals surface area contributed by atoms with Crippen LogP contribution in [-0.4, -0.2) is 5.91 Å². The first-order chi connectivity index (χ1) is 10.8. The summed E-state index contributed by atoms with van der Waals surface area (Å²) in [5.41, 5.74) is 0.514. The van der Waals surface area contributed by atoms with Crippen molar-refractivity contribution in [2.24, 2.45) is 0 Å². The van der Waals surface area contributed by atoms with E-state index < -0.39 is 17.2 Å². The second-order valence-corrected chi connectivity index (χ2v) is 6.43. The highest BCUT2D eigenvalue weighted by atomic mass is 35.5. The third kappa shape index (κ3) is 2.06. The van der Waals surface area contributed by atoms with Gasteiger partial charge in [-0.15, -0.1) is 0 Å². The fourth-order valence-corrected chi connectivity index (χ4v) is 3.67. The first-order valence-corrected chi connectivity index (χ1v) is 7.49. The van der Waals surface area contributed by atoms with Crippen LogP contribution < -0.4 is 5.32 Å². The molecule has 6 heteroatoms. The van der Waals surface area contributed by atoms with Gasteiger partial charge in [-0.1, -0.05) is 29.8 Å². The minimum atomic E-state index is -4.39. The molecule has 1 aliphatic carbocycles. The predicted molar refractivity (Wildman–Crippen MR) is 80.6 cm³/mol. The molecule has 1 N–H and O–H groups in total. The summed E-state index contributed by atoms with van der Waals surface area (Å²) in [6.07, 6.45) is -3.90. The summed E-state index contributed by atoms with van der Waals surface area (Å²) in [6.45, 7) is 0. The Morgan fingerprint density at radius 3 is 2.70 bits per heavy atom. The van der Waals surface area contributed by atoms with Gasteiger partial charge in [0.05, 0.1) is 11.0 Å². The Labute approximate surface area is 135 Å². The fraction of sp³-hybridized carbons (Fsp3) is 0.235. The van der Waals surface area contributed by atoms with E-state index in [2.05, 4.69) is 5.32 Å². The molecule has 2 aromatic carbocycles. The molecular weight excluding hydrogens is 327 g/mol. The van der Waals surface area contributed by atoms with Crippen molar-refractivity contribution in [2.45, 2.75) is 23.9 Å². The van der Waals surface area contributed by atoms with E-state index in [1.807, 2.05) is 0 Å². The number of nitrogens with one attached hydrogen (secondary N) is 1. The number of amides is 1. The van der Waals surface area contributed by atoms with Gasteiger partial charge in [-0.05, 0) is 41.8 Å². The van der Waals surface area contributed by atoms with Gasteiger partial charge in [0.25, 0.3) is 0 Å². The molecule has 0 saturated heterocycles. The highest BCUT2D eigenvalue weighted by Crippen LogP contribution is 2.65. The Hall–Kier alpha value is -2.01. The van der Waals surface area contributed by atoms with Crippen molar-refractivity contribution in [3.05, 3.63) is 64.2 Å². The lowest BCUT2D eigenvalue weighted by molar-refractivity contribution is -0.137. The standard InChI is InChI=1S/C17H11ClF3NO/c18-11-4-5-14-12(7-11)16(15(23)22-14)8-13(16)9-2-1-3-10(6-9)17(19,20)21/h1-7,13H,8H2,(H,22,23). The summed E-state index contributed by atoms with van der Waals surface area (Å²) >= 11 is 6.02. The van der Waals surface area contributed by atoms with Crippen molar-refractivity contribution in [1.29, 1.82) is 0 Å². The summed E-state index contributed by atoms with van der Waals surface area (Å²) in [4.78, 5) is 12.4. The van der Waals surface area contributed by atoms with E-state index in [1.54, 1.807) is 24.3 Å². The van der Waals surface area contributed by atoms with Gasteiger partial charge in [-0.2, -0.15) is 13.2 Å². The highest BCUT2D eigenvalue weighted by Gasteiger charge is 2.65. The zero-order chi connectivity index (χ0) is 16.4. The van der Waals surface area contributed by atoms with Gasteiger partial charge >= 0.3 is 6.18 Å². The first-order valence-electron chi connectivity index (χ1n) is 7.11. The van der Waals surface area contributed by atoms with Crippen LogP contribution in [0.2, 0.25) is 5.02 Å². The number of carbonyl (C=O) groups is 1. The lowest BCUT2D eigenvalue weighted by Gasteiger charge is -2.11. The summed E-state index contributed by atoms with van der Waals surface area (Å²) in [7, 11) is 0. The van der Waals surface area contributed by atoms with Crippen LogP contribution in [0.25, 0.3) is 0 Å². The maximum Gasteiger partial charge on any atom is 0.416 e. The molecule has 0 radical (unpaired) electrons. The van der Waals surface area contributed by atoms with E-state index in [0.29, 0.717) is 22.7 Å². The summed E-state index contributed by atoms with van der Waals surface area (Å²) in [6, 6.07) is 10.3. The average Bonchev–Trinajstić information content (AvgIpc) is 3.19. The molecule has 4 rings (SSSR count). The number of alkyl halides is 3. The van der Waals surface area contributed by atoms with Crippen LogP contribution in [-0.2, 0) is 16.4 Å². The molecule has 1 saturated carbocycles. The lowest BCUT2D eigenvalue weighted by atomic mass is 9.91. The van der Waals surface area contributed by atoms with Crippen molar-refractivity contribution in [3.8, 4) is 0 Å². The Morgan fingerprint density at radius 1 is 1.17 bits per heavy atom. The molecule has 1 fully saturated rings. The Balaban J connectivity index is 1.76. The smallest absolute Gasteiger partial charge is 0.325 e. The molecule has 23 heavy (non-hydrogen) atoms. The number of carbonyl (C=O) groups excluding carboxylic acids is 1. The van der Waals surface area contributed by atoms with E-state index in [1.165, 1.54) is 6.07 Å². The molecular formula is C17H11ClF3NO. The van der Waals surface area contributed by atoms with Gasteiger partial charge in [0.1, 0.15) is 0 Å². The zero-order valence-corrected chi connectivity index (χ0v) is 12.5. The molecule has 1 heterocycles. The molecule has 0 aromatic heterocycles. The van der Waals surface area contributed by atoms with Crippen molar-refractivity contribution in [2.75, 3.05) is 5.32 Å². The molecule has 2 atom stereocenters. The molecule has 118 valence electrons. The topological polar surface area (TPSA) is 29.1 Å². The highest BCUT2D eigenvalue weighted by molar-refractivity contribution is 6.31. The van der Waals surface area contributed by atoms with Crippen molar-refractivity contribution >= 4 is 23.2 Å². The second-order valence-electron chi connectivity index (χ2n) is 6.00. The Kier molecular flexibility index (Phi) is 2.86. The average molecular weight is 338 g/mol. The lowest BCUT2D eigenvalue weighted by Crippen LogP contribution is -2.21. The third-order valence-corrected chi connectivity index (χ3v) is 4.93. The van der Waals surface area contributed by atoms with Gasteiger partial charge < -0.3 is 5.32 Å². The molecule has 2 aromatic rings. The Morgan fingerprint density at radius 2 is 1.96 bits per heavy atom. The van der Waals surface area contributed by atoms with Crippen LogP contribution in [0.15, 0.2) is 42.5 Å². The van der Waals surface area contributed by atoms with Gasteiger partial charge in [-0.3, -0.25) is 4.79 Å². The minimum absolute atomic E-state index is 0.169. The van der Waals surface area contributed by atoms with Gasteiger partial charge in [0, 0.05) is 16.6 Å². The largest absolute Gasteiger partial charge is 0.416 e. The number of hydrogen-bond acceptors (Lipinski definition) is 1. The molecule has 2 aliphatic rings. The SMILES string of the molecule is O=C1Nc2ccc(Cl)cc2C12CC2c1cccc(C(F)(F)F)c1. The molecule has 1 amide bonds. The fourth-order valence-electron chi connectivity index (χ4n) is 3.50. The van der Waals surface area contributed by atoms with Crippen molar-refractivity contribution < 1.29 is 18.0 Å². The maximum absolute atomic E-state index is 12.9. The number of benzene rings is 2. The van der Waals surface area contributed by atoms with Crippen molar-refractivity contribution in [3.63, 3.8) is 0 Å². The van der Waals surface area contributed by atoms with Gasteiger partial charge in [-0.25, -0.2) is 0 Å². The summed E-state index contributed by atoms with van der Waals surface area (Å²) in [5.74, 6) is -0.429. The zero-order valence-electron chi connectivity index (χ0n) is 11.7. The van der Waals surface area contributed by atoms with E-state index in [0.717, 1.165) is 17.7 Å². The predicted octanol–water partition coefficient (Wildman–Crippen LogP) is 4.74.